The fourth-order valence-corrected chi connectivity index (χ4v) is 1.65. The topological polar surface area (TPSA) is 76.9 Å². The lowest BCUT2D eigenvalue weighted by Gasteiger charge is -2.19. The zero-order valence-corrected chi connectivity index (χ0v) is 8.65. The Morgan fingerprint density at radius 3 is 2.87 bits per heavy atom. The Kier molecular flexibility index (Phi) is 2.26. The van der Waals surface area contributed by atoms with Gasteiger partial charge in [-0.1, -0.05) is 13.3 Å². The van der Waals surface area contributed by atoms with Crippen LogP contribution >= 0.6 is 0 Å². The molecule has 0 radical (unpaired) electrons. The van der Waals surface area contributed by atoms with E-state index >= 15 is 0 Å². The molecule has 0 saturated heterocycles. The lowest BCUT2D eigenvalue weighted by molar-refractivity contribution is -0.119. The number of anilines is 1. The van der Waals surface area contributed by atoms with E-state index < -0.39 is 5.92 Å². The Morgan fingerprint density at radius 1 is 1.47 bits per heavy atom. The van der Waals surface area contributed by atoms with Crippen LogP contribution in [0.15, 0.2) is 0 Å². The molecule has 2 rings (SSSR count). The molecule has 6 nitrogen and oxygen atoms in total. The first-order valence-electron chi connectivity index (χ1n) is 4.92. The van der Waals surface area contributed by atoms with Gasteiger partial charge in [0.15, 0.2) is 0 Å². The highest BCUT2D eigenvalue weighted by molar-refractivity contribution is 6.10. The number of nitrogens with zero attached hydrogens (tertiary/aromatic N) is 3. The Bertz CT molecular complexity index is 424. The van der Waals surface area contributed by atoms with E-state index in [9.17, 15) is 9.59 Å². The summed E-state index contributed by atoms with van der Waals surface area (Å²) in [7, 11) is 0. The number of hydrogen-bond acceptors (Lipinski definition) is 4. The van der Waals surface area contributed by atoms with E-state index in [4.69, 9.17) is 0 Å². The number of amides is 1. The lowest BCUT2D eigenvalue weighted by Crippen LogP contribution is -2.39. The van der Waals surface area contributed by atoms with E-state index in [1.807, 2.05) is 6.92 Å². The fourth-order valence-electron chi connectivity index (χ4n) is 1.65. The third-order valence-electron chi connectivity index (χ3n) is 2.35. The van der Waals surface area contributed by atoms with Gasteiger partial charge in [0.25, 0.3) is 5.91 Å². The maximum Gasteiger partial charge on any atom is 0.262 e. The van der Waals surface area contributed by atoms with E-state index in [1.165, 1.54) is 4.68 Å². The van der Waals surface area contributed by atoms with Crippen LogP contribution in [0, 0.1) is 12.8 Å². The molecule has 1 aromatic rings. The summed E-state index contributed by atoms with van der Waals surface area (Å²) in [6.07, 6.45) is 1.33. The number of aryl methyl sites for hydroxylation is 1. The third-order valence-corrected chi connectivity index (χ3v) is 2.35. The number of carbonyl (C=O) groups excluding carboxylic acids is 2. The molecule has 1 N–H and O–H groups in total. The average molecular weight is 208 g/mol. The van der Waals surface area contributed by atoms with Gasteiger partial charge in [0, 0.05) is 0 Å². The molecule has 1 aromatic heterocycles. The van der Waals surface area contributed by atoms with Crippen LogP contribution in [0.25, 0.3) is 0 Å². The maximum atomic E-state index is 11.8. The van der Waals surface area contributed by atoms with Crippen molar-refractivity contribution in [3.05, 3.63) is 5.82 Å². The van der Waals surface area contributed by atoms with Crippen LogP contribution in [0.3, 0.4) is 0 Å². The van der Waals surface area contributed by atoms with E-state index in [0.717, 1.165) is 6.42 Å². The first kappa shape index (κ1) is 9.82. The molecule has 1 aliphatic heterocycles. The summed E-state index contributed by atoms with van der Waals surface area (Å²) in [4.78, 5) is 27.3. The standard InChI is InChI=1S/C9H12N4O2/c1-3-4-6-7(14)11-9-10-5(2)12-13(9)8(6)15/h6H,3-4H2,1-2H3,(H,10,11,12,14). The average Bonchev–Trinajstić information content (AvgIpc) is 2.53. The number of rotatable bonds is 2. The molecular formula is C9H12N4O2. The molecule has 1 atom stereocenters. The molecular weight excluding hydrogens is 196 g/mol. The van der Waals surface area contributed by atoms with Crippen LogP contribution in [-0.2, 0) is 4.79 Å². The van der Waals surface area contributed by atoms with Crippen molar-refractivity contribution >= 4 is 17.8 Å². The molecule has 1 unspecified atom stereocenters. The summed E-state index contributed by atoms with van der Waals surface area (Å²) in [6.45, 7) is 3.61. The highest BCUT2D eigenvalue weighted by Gasteiger charge is 2.35. The van der Waals surface area contributed by atoms with Gasteiger partial charge < -0.3 is 0 Å². The van der Waals surface area contributed by atoms with E-state index in [2.05, 4.69) is 15.4 Å². The molecule has 0 spiro atoms. The number of nitrogens with one attached hydrogen (secondary N) is 1. The summed E-state index contributed by atoms with van der Waals surface area (Å²) in [5.41, 5.74) is 0. The van der Waals surface area contributed by atoms with Gasteiger partial charge in [0.05, 0.1) is 0 Å². The predicted octanol–water partition coefficient (Wildman–Crippen LogP) is 0.595. The van der Waals surface area contributed by atoms with E-state index in [0.29, 0.717) is 12.2 Å². The second kappa shape index (κ2) is 3.45. The van der Waals surface area contributed by atoms with Crippen molar-refractivity contribution in [2.75, 3.05) is 5.32 Å². The Balaban J connectivity index is 2.38. The second-order valence-corrected chi connectivity index (χ2v) is 3.56. The molecule has 2 heterocycles. The molecule has 0 saturated carbocycles. The molecule has 1 amide bonds. The maximum absolute atomic E-state index is 11.8. The lowest BCUT2D eigenvalue weighted by atomic mass is 10.0. The minimum Gasteiger partial charge on any atom is -0.294 e. The zero-order valence-electron chi connectivity index (χ0n) is 8.65. The minimum absolute atomic E-state index is 0.231. The van der Waals surface area contributed by atoms with Crippen molar-refractivity contribution in [3.8, 4) is 0 Å². The third kappa shape index (κ3) is 1.51. The van der Waals surface area contributed by atoms with Gasteiger partial charge in [-0.2, -0.15) is 9.67 Å². The summed E-state index contributed by atoms with van der Waals surface area (Å²) >= 11 is 0. The summed E-state index contributed by atoms with van der Waals surface area (Å²) in [6, 6.07) is 0. The zero-order chi connectivity index (χ0) is 11.0. The Morgan fingerprint density at radius 2 is 2.20 bits per heavy atom. The highest BCUT2D eigenvalue weighted by Crippen LogP contribution is 2.19. The SMILES string of the molecule is CCCC1C(=O)Nc2nc(C)nn2C1=O. The number of aromatic nitrogens is 3. The first-order valence-corrected chi connectivity index (χ1v) is 4.92. The molecule has 0 aromatic carbocycles. The van der Waals surface area contributed by atoms with Crippen molar-refractivity contribution in [3.63, 3.8) is 0 Å². The molecule has 15 heavy (non-hydrogen) atoms. The second-order valence-electron chi connectivity index (χ2n) is 3.56. The monoisotopic (exact) mass is 208 g/mol. The summed E-state index contributed by atoms with van der Waals surface area (Å²) in [5, 5.41) is 6.52. The van der Waals surface area contributed by atoms with Gasteiger partial charge in [0.1, 0.15) is 11.7 Å². The van der Waals surface area contributed by atoms with Gasteiger partial charge in [-0.3, -0.25) is 14.9 Å². The van der Waals surface area contributed by atoms with Gasteiger partial charge in [-0.05, 0) is 13.3 Å². The fraction of sp³-hybridized carbons (Fsp3) is 0.556. The number of fused-ring (bicyclic) bond motifs is 1. The predicted molar refractivity (Wildman–Crippen MR) is 52.4 cm³/mol. The molecule has 6 heteroatoms. The van der Waals surface area contributed by atoms with Gasteiger partial charge in [0.2, 0.25) is 11.9 Å². The molecule has 80 valence electrons. The van der Waals surface area contributed by atoms with Crippen molar-refractivity contribution in [2.45, 2.75) is 26.7 Å². The number of hydrogen-bond donors (Lipinski definition) is 1. The largest absolute Gasteiger partial charge is 0.294 e. The van der Waals surface area contributed by atoms with Crippen LogP contribution in [0.4, 0.5) is 5.95 Å². The van der Waals surface area contributed by atoms with E-state index in [-0.39, 0.29) is 17.8 Å². The van der Waals surface area contributed by atoms with Crippen LogP contribution < -0.4 is 5.32 Å². The van der Waals surface area contributed by atoms with Crippen LogP contribution in [0.1, 0.15) is 30.4 Å². The van der Waals surface area contributed by atoms with Gasteiger partial charge in [-0.15, -0.1) is 5.10 Å². The Labute approximate surface area is 86.7 Å². The van der Waals surface area contributed by atoms with Crippen LogP contribution in [0.2, 0.25) is 0 Å². The van der Waals surface area contributed by atoms with E-state index in [1.54, 1.807) is 6.92 Å². The van der Waals surface area contributed by atoms with Crippen LogP contribution in [-0.4, -0.2) is 26.6 Å². The smallest absolute Gasteiger partial charge is 0.262 e. The number of carbonyl (C=O) groups is 2. The normalized spacial score (nSPS) is 20.0. The minimum atomic E-state index is -0.622. The molecule has 0 bridgehead atoms. The van der Waals surface area contributed by atoms with Crippen molar-refractivity contribution in [1.29, 1.82) is 0 Å². The van der Waals surface area contributed by atoms with Gasteiger partial charge >= 0.3 is 0 Å². The molecule has 0 aliphatic carbocycles. The quantitative estimate of drug-likeness (QED) is 0.722. The molecule has 1 aliphatic rings. The van der Waals surface area contributed by atoms with Crippen molar-refractivity contribution in [1.82, 2.24) is 14.8 Å². The van der Waals surface area contributed by atoms with Gasteiger partial charge in [-0.25, -0.2) is 0 Å². The Hall–Kier alpha value is -1.72. The first-order chi connectivity index (χ1) is 7.13. The summed E-state index contributed by atoms with van der Waals surface area (Å²) in [5.74, 6) is -0.466. The highest BCUT2D eigenvalue weighted by atomic mass is 16.2. The molecule has 0 fully saturated rings. The summed E-state index contributed by atoms with van der Waals surface area (Å²) < 4.78 is 1.18. The van der Waals surface area contributed by atoms with Crippen molar-refractivity contribution < 1.29 is 9.59 Å². The van der Waals surface area contributed by atoms with Crippen LogP contribution in [0.5, 0.6) is 0 Å². The van der Waals surface area contributed by atoms with Crippen molar-refractivity contribution in [2.24, 2.45) is 5.92 Å².